The molecule has 2 heteroatoms. The average Bonchev–Trinajstić information content (AvgIpc) is 2.66. The Hall–Kier alpha value is -3.17. The molecule has 0 spiro atoms. The van der Waals surface area contributed by atoms with Gasteiger partial charge in [-0.05, 0) is 6.42 Å². The van der Waals surface area contributed by atoms with Gasteiger partial charge < -0.3 is 4.74 Å². The van der Waals surface area contributed by atoms with E-state index in [1.54, 1.807) is 0 Å². The average molecular weight is 344 g/mol. The Bertz CT molecular complexity index is 779. The van der Waals surface area contributed by atoms with Crippen molar-refractivity contribution in [3.63, 3.8) is 0 Å². The highest BCUT2D eigenvalue weighted by molar-refractivity contribution is 5.69. The van der Waals surface area contributed by atoms with Gasteiger partial charge in [0.15, 0.2) is 0 Å². The molecule has 0 atom stereocenters. The van der Waals surface area contributed by atoms with Gasteiger partial charge in [-0.1, -0.05) is 66.1 Å². The van der Waals surface area contributed by atoms with Crippen LogP contribution in [0.4, 0.5) is 0 Å². The minimum Gasteiger partial charge on any atom is -0.469 e. The van der Waals surface area contributed by atoms with E-state index in [0.29, 0.717) is 44.9 Å². The van der Waals surface area contributed by atoms with Gasteiger partial charge >= 0.3 is 5.97 Å². The third-order valence-corrected chi connectivity index (χ3v) is 2.69. The summed E-state index contributed by atoms with van der Waals surface area (Å²) in [4.78, 5) is 10.8. The maximum Gasteiger partial charge on any atom is 0.306 e. The number of hydrogen-bond donors (Lipinski definition) is 0. The highest BCUT2D eigenvalue weighted by atomic mass is 16.5. The molecule has 0 N–H and O–H groups in total. The van der Waals surface area contributed by atoms with Crippen LogP contribution in [0.1, 0.15) is 64.7 Å². The predicted molar refractivity (Wildman–Crippen MR) is 106 cm³/mol. The van der Waals surface area contributed by atoms with Crippen LogP contribution in [0.5, 0.6) is 0 Å². The topological polar surface area (TPSA) is 26.3 Å². The summed E-state index contributed by atoms with van der Waals surface area (Å²) in [6.45, 7) is 2.11. The van der Waals surface area contributed by atoms with E-state index in [9.17, 15) is 4.79 Å². The lowest BCUT2D eigenvalue weighted by atomic mass is 10.3. The van der Waals surface area contributed by atoms with Crippen molar-refractivity contribution in [3.8, 4) is 71.0 Å². The Kier molecular flexibility index (Phi) is 17.5. The largest absolute Gasteiger partial charge is 0.469 e. The molecule has 26 heavy (non-hydrogen) atoms. The quantitative estimate of drug-likeness (QED) is 0.576. The lowest BCUT2D eigenvalue weighted by Crippen LogP contribution is -1.98. The Morgan fingerprint density at radius 2 is 0.962 bits per heavy atom. The maximum absolute atomic E-state index is 10.8. The maximum atomic E-state index is 10.8. The molecule has 0 aromatic rings. The number of ether oxygens (including phenoxy) is 1. The minimum atomic E-state index is -0.243. The van der Waals surface area contributed by atoms with E-state index in [0.717, 1.165) is 12.8 Å². The molecule has 0 aliphatic heterocycles. The number of unbranched alkanes of at least 4 members (excludes halogenated alkanes) is 1. The molecular weight excluding hydrogens is 320 g/mol. The van der Waals surface area contributed by atoms with Crippen LogP contribution in [-0.2, 0) is 9.53 Å². The Morgan fingerprint density at radius 3 is 1.31 bits per heavy atom. The van der Waals surface area contributed by atoms with Gasteiger partial charge in [-0.25, -0.2) is 0 Å². The molecule has 2 nitrogen and oxygen atoms in total. The molecule has 0 heterocycles. The van der Waals surface area contributed by atoms with Crippen LogP contribution in [0.25, 0.3) is 0 Å². The molecule has 0 radical (unpaired) electrons. The van der Waals surface area contributed by atoms with Gasteiger partial charge in [0, 0.05) is 12.8 Å². The van der Waals surface area contributed by atoms with E-state index in [1.165, 1.54) is 7.11 Å². The molecular formula is C24H24O2. The number of carbonyl (C=O) groups excluding carboxylic acids is 1. The van der Waals surface area contributed by atoms with Gasteiger partial charge in [0.2, 0.25) is 0 Å². The van der Waals surface area contributed by atoms with Crippen molar-refractivity contribution in [2.75, 3.05) is 7.11 Å². The first-order valence-electron chi connectivity index (χ1n) is 8.62. The standard InChI is InChI=1S/C24H24O2/c1-3-4-5-6-7-8-9-10-11-12-13-14-15-16-17-18-19-20-21-22-23-24(25)26-2/h3-4,7,10,13,16,19,22-23H2,1-2H3. The van der Waals surface area contributed by atoms with E-state index < -0.39 is 0 Å². The summed E-state index contributed by atoms with van der Waals surface area (Å²) < 4.78 is 4.52. The van der Waals surface area contributed by atoms with E-state index in [2.05, 4.69) is 82.7 Å². The molecule has 0 aliphatic carbocycles. The normalized spacial score (nSPS) is 7.31. The Morgan fingerprint density at radius 1 is 0.615 bits per heavy atom. The van der Waals surface area contributed by atoms with Crippen molar-refractivity contribution < 1.29 is 9.53 Å². The van der Waals surface area contributed by atoms with Crippen LogP contribution in [0, 0.1) is 71.0 Å². The molecule has 0 saturated heterocycles. The van der Waals surface area contributed by atoms with Gasteiger partial charge in [-0.3, -0.25) is 4.79 Å². The Balaban J connectivity index is 3.75. The van der Waals surface area contributed by atoms with Gasteiger partial charge in [-0.2, -0.15) is 0 Å². The zero-order valence-electron chi connectivity index (χ0n) is 15.7. The SMILES string of the molecule is CCCC#CCC#CCC#CCC#CCC#CCC#CCCC(=O)OC. The Labute approximate surface area is 158 Å². The number of hydrogen-bond acceptors (Lipinski definition) is 2. The van der Waals surface area contributed by atoms with E-state index in [-0.39, 0.29) is 5.97 Å². The van der Waals surface area contributed by atoms with Crippen molar-refractivity contribution in [2.45, 2.75) is 64.7 Å². The van der Waals surface area contributed by atoms with Gasteiger partial charge in [0.05, 0.1) is 45.6 Å². The number of rotatable bonds is 3. The molecule has 0 saturated carbocycles. The number of esters is 1. The number of carbonyl (C=O) groups is 1. The van der Waals surface area contributed by atoms with Gasteiger partial charge in [0.1, 0.15) is 0 Å². The monoisotopic (exact) mass is 344 g/mol. The first kappa shape index (κ1) is 22.8. The van der Waals surface area contributed by atoms with Crippen LogP contribution >= 0.6 is 0 Å². The highest BCUT2D eigenvalue weighted by Gasteiger charge is 1.94. The van der Waals surface area contributed by atoms with E-state index in [4.69, 9.17) is 0 Å². The highest BCUT2D eigenvalue weighted by Crippen LogP contribution is 1.89. The minimum absolute atomic E-state index is 0.243. The lowest BCUT2D eigenvalue weighted by molar-refractivity contribution is -0.140. The summed E-state index contributed by atoms with van der Waals surface area (Å²) in [5.74, 6) is 35.2. The molecule has 0 aromatic carbocycles. The van der Waals surface area contributed by atoms with Crippen LogP contribution in [-0.4, -0.2) is 13.1 Å². The zero-order valence-corrected chi connectivity index (χ0v) is 15.7. The van der Waals surface area contributed by atoms with Gasteiger partial charge in [-0.15, -0.1) is 11.8 Å². The summed E-state index contributed by atoms with van der Waals surface area (Å²) in [7, 11) is 1.37. The first-order valence-corrected chi connectivity index (χ1v) is 8.62. The third kappa shape index (κ3) is 18.9. The molecule has 0 bridgehead atoms. The lowest BCUT2D eigenvalue weighted by Gasteiger charge is -1.91. The summed E-state index contributed by atoms with van der Waals surface area (Å²) in [6, 6.07) is 0. The third-order valence-electron chi connectivity index (χ3n) is 2.69. The molecule has 0 fully saturated rings. The molecule has 0 unspecified atom stereocenters. The summed E-state index contributed by atoms with van der Waals surface area (Å²) in [6.07, 6.45) is 5.58. The molecule has 0 amide bonds. The first-order chi connectivity index (χ1) is 12.8. The van der Waals surface area contributed by atoms with Gasteiger partial charge in [0.25, 0.3) is 0 Å². The zero-order chi connectivity index (χ0) is 19.1. The van der Waals surface area contributed by atoms with Crippen molar-refractivity contribution >= 4 is 5.97 Å². The smallest absolute Gasteiger partial charge is 0.306 e. The summed E-state index contributed by atoms with van der Waals surface area (Å²) >= 11 is 0. The molecule has 0 aliphatic rings. The second-order valence-corrected chi connectivity index (χ2v) is 4.83. The van der Waals surface area contributed by atoms with Crippen LogP contribution in [0.3, 0.4) is 0 Å². The molecule has 132 valence electrons. The fraction of sp³-hybridized carbons (Fsp3) is 0.458. The summed E-state index contributed by atoms with van der Waals surface area (Å²) in [5.41, 5.74) is 0. The van der Waals surface area contributed by atoms with Crippen LogP contribution in [0.2, 0.25) is 0 Å². The van der Waals surface area contributed by atoms with E-state index in [1.807, 2.05) is 0 Å². The van der Waals surface area contributed by atoms with Crippen LogP contribution < -0.4 is 0 Å². The van der Waals surface area contributed by atoms with Crippen molar-refractivity contribution in [3.05, 3.63) is 0 Å². The molecule has 0 rings (SSSR count). The second kappa shape index (κ2) is 19.9. The van der Waals surface area contributed by atoms with Crippen molar-refractivity contribution in [1.82, 2.24) is 0 Å². The molecule has 0 aromatic heterocycles. The van der Waals surface area contributed by atoms with E-state index >= 15 is 0 Å². The predicted octanol–water partition coefficient (Wildman–Crippen LogP) is 3.71. The number of methoxy groups -OCH3 is 1. The van der Waals surface area contributed by atoms with Crippen LogP contribution in [0.15, 0.2) is 0 Å². The fourth-order valence-corrected chi connectivity index (χ4v) is 1.41. The van der Waals surface area contributed by atoms with Crippen molar-refractivity contribution in [1.29, 1.82) is 0 Å². The fourth-order valence-electron chi connectivity index (χ4n) is 1.41. The second-order valence-electron chi connectivity index (χ2n) is 4.83. The van der Waals surface area contributed by atoms with Crippen molar-refractivity contribution in [2.24, 2.45) is 0 Å². The summed E-state index contributed by atoms with van der Waals surface area (Å²) in [5, 5.41) is 0.